The summed E-state index contributed by atoms with van der Waals surface area (Å²) in [5, 5.41) is 2.40. The van der Waals surface area contributed by atoms with Crippen molar-refractivity contribution >= 4 is 93.9 Å². The second-order valence-electron chi connectivity index (χ2n) is 27.4. The van der Waals surface area contributed by atoms with Crippen molar-refractivity contribution in [1.82, 2.24) is 19.6 Å². The van der Waals surface area contributed by atoms with Gasteiger partial charge in [0.1, 0.15) is 26.4 Å². The normalized spacial score (nSPS) is 16.8. The molecule has 588 valence electrons. The number of esters is 4. The maximum atomic E-state index is 13.1. The summed E-state index contributed by atoms with van der Waals surface area (Å²) in [7, 11) is 1.58. The first-order valence-electron chi connectivity index (χ1n) is 37.0. The van der Waals surface area contributed by atoms with E-state index in [0.717, 1.165) is 50.1 Å². The number of benzene rings is 8. The molecule has 4 atom stereocenters. The monoisotopic (exact) mass is 1610 g/mol. The number of rotatable bonds is 24. The molecule has 114 heavy (non-hydrogen) atoms. The minimum Gasteiger partial charge on any atom is -0.457 e. The fourth-order valence-electron chi connectivity index (χ4n) is 13.8. The third-order valence-corrected chi connectivity index (χ3v) is 20.6. The number of nitrogens with zero attached hydrogens (tertiary/aromatic N) is 4. The lowest BCUT2D eigenvalue weighted by Gasteiger charge is -2.34. The van der Waals surface area contributed by atoms with E-state index in [0.29, 0.717) is 91.4 Å². The van der Waals surface area contributed by atoms with E-state index >= 15 is 0 Å². The summed E-state index contributed by atoms with van der Waals surface area (Å²) >= 11 is 24.0. The highest BCUT2D eigenvalue weighted by atomic mass is 35.5. The van der Waals surface area contributed by atoms with E-state index in [1.165, 1.54) is 4.90 Å². The zero-order chi connectivity index (χ0) is 82.0. The Kier molecular flexibility index (Phi) is 32.3. The Morgan fingerprint density at radius 2 is 0.667 bits per heavy atom. The van der Waals surface area contributed by atoms with E-state index in [1.807, 2.05) is 177 Å². The quantitative estimate of drug-likeness (QED) is 0.0240. The molecule has 0 bridgehead atoms. The van der Waals surface area contributed by atoms with Crippen molar-refractivity contribution < 1.29 is 62.0 Å². The Morgan fingerprint density at radius 3 is 0.939 bits per heavy atom. The van der Waals surface area contributed by atoms with Crippen molar-refractivity contribution in [3.8, 4) is 12.3 Å². The first-order chi connectivity index (χ1) is 54.9. The number of halogens is 4. The van der Waals surface area contributed by atoms with Crippen LogP contribution in [0.2, 0.25) is 20.1 Å². The minimum absolute atomic E-state index is 0.0370. The highest BCUT2D eigenvalue weighted by Crippen LogP contribution is 2.42. The summed E-state index contributed by atoms with van der Waals surface area (Å²) in [5.74, 6) is -0.962. The van der Waals surface area contributed by atoms with E-state index in [-0.39, 0.29) is 100 Å². The van der Waals surface area contributed by atoms with Crippen LogP contribution in [0.25, 0.3) is 0 Å². The first kappa shape index (κ1) is 86.6. The van der Waals surface area contributed by atoms with Crippen LogP contribution in [0.1, 0.15) is 128 Å². The molecule has 17 nitrogen and oxygen atoms in total. The van der Waals surface area contributed by atoms with Gasteiger partial charge >= 0.3 is 23.9 Å². The molecule has 12 rings (SSSR count). The molecular weight excluding hydrogens is 1520 g/mol. The van der Waals surface area contributed by atoms with Crippen molar-refractivity contribution in [3.63, 3.8) is 0 Å². The zero-order valence-corrected chi connectivity index (χ0v) is 67.5. The third-order valence-electron chi connectivity index (χ3n) is 19.6. The second-order valence-corrected chi connectivity index (χ2v) is 29.2. The third kappa shape index (κ3) is 23.4. The molecule has 0 saturated carbocycles. The van der Waals surface area contributed by atoms with E-state index in [9.17, 15) is 38.4 Å². The minimum atomic E-state index is -0.448. The van der Waals surface area contributed by atoms with Gasteiger partial charge in [-0.15, -0.1) is 13.0 Å². The predicted octanol–water partition coefficient (Wildman–Crippen LogP) is 18.7. The Labute approximate surface area is 686 Å². The van der Waals surface area contributed by atoms with Crippen LogP contribution in [-0.2, 0) is 88.5 Å². The van der Waals surface area contributed by atoms with Crippen molar-refractivity contribution in [2.75, 3.05) is 39.9 Å². The molecule has 21 heteroatoms. The van der Waals surface area contributed by atoms with Crippen molar-refractivity contribution in [1.29, 1.82) is 0 Å². The fourth-order valence-corrected chi connectivity index (χ4v) is 14.3. The molecule has 0 aromatic heterocycles. The number of terminal acetylenes is 1. The lowest BCUT2D eigenvalue weighted by molar-refractivity contribution is -0.143. The summed E-state index contributed by atoms with van der Waals surface area (Å²) in [6.07, 6.45) is 7.79. The van der Waals surface area contributed by atoms with Gasteiger partial charge in [0.15, 0.2) is 0 Å². The van der Waals surface area contributed by atoms with Crippen molar-refractivity contribution in [2.45, 2.75) is 110 Å². The molecule has 0 saturated heterocycles. The fraction of sp³-hybridized carbons (Fsp3) is 0.247. The SMILES string of the molecule is C#CCN1C(=O)CC(c2ccc(Cl)cc2)C(C(=O)OCc2ccccc2)=C1C.C=C(C)CN1C(=O)CC(c2ccc(Cl)cc2)C(C(=O)OCc2ccccc2)=C1C.C=CCN1C(=O)CC(c2ccc(Cl)cc2)C(C(=O)OCc2ccccc2)=C1C.COCCN1C(=O)CC(c2ccc(Cl)cc2)C(C(=O)OCc2ccccc2)=C1C. The highest BCUT2D eigenvalue weighted by molar-refractivity contribution is 6.31. The Morgan fingerprint density at radius 1 is 0.412 bits per heavy atom. The molecule has 0 aliphatic carbocycles. The van der Waals surface area contributed by atoms with Crippen molar-refractivity contribution in [3.05, 3.63) is 353 Å². The second kappa shape index (κ2) is 42.5. The van der Waals surface area contributed by atoms with Gasteiger partial charge < -0.3 is 43.3 Å². The molecule has 0 N–H and O–H groups in total. The number of hydrogen-bond acceptors (Lipinski definition) is 13. The molecule has 4 heterocycles. The number of carbonyl (C=O) groups is 8. The van der Waals surface area contributed by atoms with E-state index in [1.54, 1.807) is 104 Å². The van der Waals surface area contributed by atoms with Crippen LogP contribution in [0.4, 0.5) is 0 Å². The van der Waals surface area contributed by atoms with Gasteiger partial charge in [-0.3, -0.25) is 19.2 Å². The standard InChI is InChI=1S/C24H24ClNO3.C23H24ClNO4.C23H22ClNO3.C23H20ClNO3/c1-16(2)14-26-17(3)23(24(28)29-15-18-7-5-4-6-8-18)21(13-22(26)27)19-9-11-20(25)12-10-19;1-16-22(23(27)29-15-17-6-4-3-5-7-17)20(18-8-10-19(24)11-9-18)14-21(26)25(16)12-13-28-2;2*1-3-13-25-16(2)22(23(27)28-15-17-7-5-4-6-8-17)20(14-21(25)26)18-9-11-19(24)12-10-18/h4-12,21H,1,13-15H2,2-3H3;3-11,20H,12-15H2,1-2H3;3-12,20H,1,13-15H2,2H3;1,4-12,20H,13-15H2,2H3. The number of methoxy groups -OCH3 is 1. The maximum absolute atomic E-state index is 13.1. The van der Waals surface area contributed by atoms with E-state index < -0.39 is 29.8 Å². The van der Waals surface area contributed by atoms with E-state index in [2.05, 4.69) is 19.1 Å². The lowest BCUT2D eigenvalue weighted by Crippen LogP contribution is -2.40. The molecule has 4 unspecified atom stereocenters. The molecule has 8 aromatic rings. The van der Waals surface area contributed by atoms with Crippen LogP contribution in [0.5, 0.6) is 0 Å². The molecule has 4 aliphatic rings. The molecular formula is C93H90Cl4N4O13. The number of carbonyl (C=O) groups excluding carboxylic acids is 8. The zero-order valence-electron chi connectivity index (χ0n) is 64.5. The number of hydrogen-bond donors (Lipinski definition) is 0. The molecule has 4 amide bonds. The molecule has 0 fully saturated rings. The lowest BCUT2D eigenvalue weighted by atomic mass is 9.83. The summed E-state index contributed by atoms with van der Waals surface area (Å²) < 4.78 is 27.5. The largest absolute Gasteiger partial charge is 0.457 e. The molecule has 0 radical (unpaired) electrons. The highest BCUT2D eigenvalue weighted by Gasteiger charge is 2.41. The van der Waals surface area contributed by atoms with Gasteiger partial charge in [0.05, 0.1) is 35.4 Å². The molecule has 4 aliphatic heterocycles. The van der Waals surface area contributed by atoms with Gasteiger partial charge in [-0.1, -0.05) is 240 Å². The molecule has 8 aromatic carbocycles. The van der Waals surface area contributed by atoms with Crippen molar-refractivity contribution in [2.24, 2.45) is 0 Å². The number of allylic oxidation sites excluding steroid dienone is 4. The smallest absolute Gasteiger partial charge is 0.336 e. The van der Waals surface area contributed by atoms with Gasteiger partial charge in [-0.2, -0.15) is 0 Å². The summed E-state index contributed by atoms with van der Waals surface area (Å²) in [6, 6.07) is 66.9. The summed E-state index contributed by atoms with van der Waals surface area (Å²) in [4.78, 5) is 109. The maximum Gasteiger partial charge on any atom is 0.336 e. The van der Waals surface area contributed by atoms with Crippen LogP contribution >= 0.6 is 46.4 Å². The summed E-state index contributed by atoms with van der Waals surface area (Å²) in [6.45, 7) is 18.9. The van der Waals surface area contributed by atoms with Gasteiger partial charge in [0.2, 0.25) is 23.6 Å². The number of ether oxygens (including phenoxy) is 5. The predicted molar refractivity (Wildman–Crippen MR) is 444 cm³/mol. The summed E-state index contributed by atoms with van der Waals surface area (Å²) in [5.41, 5.74) is 12.2. The Bertz CT molecular complexity index is 4930. The van der Waals surface area contributed by atoms with Crippen LogP contribution < -0.4 is 0 Å². The van der Waals surface area contributed by atoms with Crippen LogP contribution in [0.3, 0.4) is 0 Å². The van der Waals surface area contributed by atoms with Crippen LogP contribution in [0.15, 0.2) is 288 Å². The van der Waals surface area contributed by atoms with Gasteiger partial charge in [-0.25, -0.2) is 19.2 Å². The van der Waals surface area contributed by atoms with Gasteiger partial charge in [-0.05, 0) is 128 Å². The van der Waals surface area contributed by atoms with Crippen LogP contribution in [-0.4, -0.2) is 107 Å². The van der Waals surface area contributed by atoms with E-state index in [4.69, 9.17) is 76.5 Å². The van der Waals surface area contributed by atoms with Crippen LogP contribution in [0, 0.1) is 12.3 Å². The van der Waals surface area contributed by atoms with Gasteiger partial charge in [0, 0.05) is 119 Å². The molecule has 0 spiro atoms. The Balaban J connectivity index is 0.000000174. The average molecular weight is 1610 g/mol. The topological polar surface area (TPSA) is 196 Å². The first-order valence-corrected chi connectivity index (χ1v) is 38.5. The number of amides is 4. The van der Waals surface area contributed by atoms with Gasteiger partial charge in [0.25, 0.3) is 0 Å². The Hall–Kier alpha value is -11.4. The average Bonchev–Trinajstić information content (AvgIpc) is 0.793.